The lowest BCUT2D eigenvalue weighted by molar-refractivity contribution is -0.402. The predicted octanol–water partition coefficient (Wildman–Crippen LogP) is 1.68. The number of furan rings is 1. The van der Waals surface area contributed by atoms with Gasteiger partial charge in [0.1, 0.15) is 4.92 Å². The van der Waals surface area contributed by atoms with Crippen LogP contribution in [0.3, 0.4) is 0 Å². The van der Waals surface area contributed by atoms with E-state index < -0.39 is 4.92 Å². The van der Waals surface area contributed by atoms with Gasteiger partial charge >= 0.3 is 5.88 Å². The number of carbonyl (C=O) groups excluding carboxylic acids is 1. The van der Waals surface area contributed by atoms with Crippen LogP contribution in [0.15, 0.2) is 16.5 Å². The summed E-state index contributed by atoms with van der Waals surface area (Å²) in [5.41, 5.74) is 0. The number of hydrogen-bond donors (Lipinski definition) is 1. The molecule has 116 valence electrons. The van der Waals surface area contributed by atoms with Crippen molar-refractivity contribution in [3.05, 3.63) is 28.0 Å². The highest BCUT2D eigenvalue weighted by Gasteiger charge is 2.32. The maximum absolute atomic E-state index is 12.3. The van der Waals surface area contributed by atoms with Gasteiger partial charge in [0.2, 0.25) is 0 Å². The summed E-state index contributed by atoms with van der Waals surface area (Å²) in [7, 11) is 0. The second kappa shape index (κ2) is 6.44. The van der Waals surface area contributed by atoms with E-state index in [1.807, 2.05) is 0 Å². The molecule has 3 rings (SSSR count). The number of nitrogens with one attached hydrogen (secondary N) is 1. The van der Waals surface area contributed by atoms with Gasteiger partial charge in [-0.25, -0.2) is 0 Å². The van der Waals surface area contributed by atoms with Crippen molar-refractivity contribution in [2.24, 2.45) is 11.8 Å². The molecule has 8 heteroatoms. The smallest absolute Gasteiger partial charge is 0.395 e. The summed E-state index contributed by atoms with van der Waals surface area (Å²) in [6.45, 7) is 3.43. The van der Waals surface area contributed by atoms with E-state index in [0.717, 1.165) is 25.9 Å². The number of nitro groups is 1. The average molecular weight is 316 g/mol. The van der Waals surface area contributed by atoms with Crippen LogP contribution in [0.5, 0.6) is 0 Å². The monoisotopic (exact) mass is 315 g/mol. The Morgan fingerprint density at radius 3 is 2.43 bits per heavy atom. The summed E-state index contributed by atoms with van der Waals surface area (Å²) in [5.74, 6) is 0.703. The topological polar surface area (TPSA) is 88.6 Å². The van der Waals surface area contributed by atoms with Crippen LogP contribution in [0, 0.1) is 22.0 Å². The SMILES string of the molecule is Cl.O=C(c1ccc([N+](=O)[O-])o1)N1CC[C@@H]2CNC[C@@H]2CC1. The first-order valence-corrected chi connectivity index (χ1v) is 6.89. The lowest BCUT2D eigenvalue weighted by atomic mass is 9.92. The fraction of sp³-hybridized carbons (Fsp3) is 0.615. The Balaban J connectivity index is 0.00000161. The zero-order valence-corrected chi connectivity index (χ0v) is 12.3. The van der Waals surface area contributed by atoms with Crippen molar-refractivity contribution in [2.45, 2.75) is 12.8 Å². The summed E-state index contributed by atoms with van der Waals surface area (Å²) in [6.07, 6.45) is 1.96. The van der Waals surface area contributed by atoms with Crippen molar-refractivity contribution in [3.63, 3.8) is 0 Å². The molecule has 0 radical (unpaired) electrons. The quantitative estimate of drug-likeness (QED) is 0.662. The molecule has 2 saturated heterocycles. The predicted molar refractivity (Wildman–Crippen MR) is 77.6 cm³/mol. The largest absolute Gasteiger partial charge is 0.433 e. The standard InChI is InChI=1S/C13H17N3O4.ClH/c17-13(11-1-2-12(20-11)16(18)19)15-5-3-9-7-14-8-10(9)4-6-15;/h1-2,9-10,14H,3-8H2;1H/t9-,10+;. The molecule has 1 aromatic rings. The van der Waals surface area contributed by atoms with Crippen molar-refractivity contribution in [3.8, 4) is 0 Å². The number of hydrogen-bond acceptors (Lipinski definition) is 5. The molecule has 0 aromatic carbocycles. The van der Waals surface area contributed by atoms with E-state index in [4.69, 9.17) is 4.42 Å². The number of nitrogens with zero attached hydrogens (tertiary/aromatic N) is 2. The number of likely N-dealkylation sites (tertiary alicyclic amines) is 1. The Bertz CT molecular complexity index is 519. The van der Waals surface area contributed by atoms with Gasteiger partial charge in [0.25, 0.3) is 5.91 Å². The molecule has 1 aromatic heterocycles. The molecule has 2 fully saturated rings. The number of halogens is 1. The highest BCUT2D eigenvalue weighted by molar-refractivity contribution is 5.91. The molecule has 2 aliphatic heterocycles. The summed E-state index contributed by atoms with van der Waals surface area (Å²) < 4.78 is 4.99. The fourth-order valence-corrected chi connectivity index (χ4v) is 3.12. The molecule has 7 nitrogen and oxygen atoms in total. The van der Waals surface area contributed by atoms with Crippen LogP contribution in [0.25, 0.3) is 0 Å². The van der Waals surface area contributed by atoms with E-state index in [2.05, 4.69) is 5.32 Å². The molecule has 0 unspecified atom stereocenters. The van der Waals surface area contributed by atoms with Crippen molar-refractivity contribution in [1.29, 1.82) is 0 Å². The van der Waals surface area contributed by atoms with Crippen molar-refractivity contribution >= 4 is 24.2 Å². The Morgan fingerprint density at radius 2 is 1.90 bits per heavy atom. The van der Waals surface area contributed by atoms with Crippen LogP contribution in [-0.4, -0.2) is 41.9 Å². The lowest BCUT2D eigenvalue weighted by Crippen LogP contribution is -2.32. The number of fused-ring (bicyclic) bond motifs is 1. The molecule has 2 aliphatic rings. The number of carbonyl (C=O) groups is 1. The van der Waals surface area contributed by atoms with Crippen LogP contribution >= 0.6 is 12.4 Å². The first kappa shape index (κ1) is 15.8. The maximum atomic E-state index is 12.3. The van der Waals surface area contributed by atoms with E-state index in [9.17, 15) is 14.9 Å². The molecule has 3 heterocycles. The molecule has 1 N–H and O–H groups in total. The van der Waals surface area contributed by atoms with Crippen LogP contribution < -0.4 is 5.32 Å². The van der Waals surface area contributed by atoms with Crippen LogP contribution in [0.2, 0.25) is 0 Å². The van der Waals surface area contributed by atoms with Gasteiger partial charge in [-0.15, -0.1) is 12.4 Å². The highest BCUT2D eigenvalue weighted by atomic mass is 35.5. The Labute approximate surface area is 128 Å². The van der Waals surface area contributed by atoms with E-state index in [-0.39, 0.29) is 30.0 Å². The molecule has 0 spiro atoms. The van der Waals surface area contributed by atoms with Gasteiger partial charge in [0.05, 0.1) is 6.07 Å². The molecule has 0 aliphatic carbocycles. The Hall–Kier alpha value is -1.60. The van der Waals surface area contributed by atoms with Crippen LogP contribution in [0.1, 0.15) is 23.4 Å². The lowest BCUT2D eigenvalue weighted by Gasteiger charge is -2.19. The average Bonchev–Trinajstić information content (AvgIpc) is 3.04. The van der Waals surface area contributed by atoms with Crippen molar-refractivity contribution in [1.82, 2.24) is 10.2 Å². The third kappa shape index (κ3) is 3.19. The van der Waals surface area contributed by atoms with E-state index in [0.29, 0.717) is 24.9 Å². The van der Waals surface area contributed by atoms with Gasteiger partial charge in [0.15, 0.2) is 5.76 Å². The van der Waals surface area contributed by atoms with E-state index >= 15 is 0 Å². The van der Waals surface area contributed by atoms with Gasteiger partial charge in [-0.05, 0) is 43.8 Å². The van der Waals surface area contributed by atoms with Gasteiger partial charge < -0.3 is 14.6 Å². The van der Waals surface area contributed by atoms with Gasteiger partial charge in [-0.3, -0.25) is 14.9 Å². The summed E-state index contributed by atoms with van der Waals surface area (Å²) in [5, 5.41) is 14.0. The normalized spacial score (nSPS) is 24.9. The zero-order valence-electron chi connectivity index (χ0n) is 11.5. The molecular formula is C13H18ClN3O4. The first-order chi connectivity index (χ1) is 9.65. The van der Waals surface area contributed by atoms with Crippen LogP contribution in [0.4, 0.5) is 5.88 Å². The molecule has 21 heavy (non-hydrogen) atoms. The first-order valence-electron chi connectivity index (χ1n) is 6.89. The molecule has 1 amide bonds. The Morgan fingerprint density at radius 1 is 1.29 bits per heavy atom. The van der Waals surface area contributed by atoms with Crippen molar-refractivity contribution < 1.29 is 14.1 Å². The minimum absolute atomic E-state index is 0. The van der Waals surface area contributed by atoms with Crippen LogP contribution in [-0.2, 0) is 0 Å². The van der Waals surface area contributed by atoms with E-state index in [1.165, 1.54) is 12.1 Å². The van der Waals surface area contributed by atoms with E-state index in [1.54, 1.807) is 4.90 Å². The third-order valence-corrected chi connectivity index (χ3v) is 4.29. The molecule has 0 saturated carbocycles. The molecule has 0 bridgehead atoms. The fourth-order valence-electron chi connectivity index (χ4n) is 3.12. The minimum Gasteiger partial charge on any atom is -0.395 e. The van der Waals surface area contributed by atoms with Gasteiger partial charge in [-0.2, -0.15) is 0 Å². The summed E-state index contributed by atoms with van der Waals surface area (Å²) in [6, 6.07) is 2.61. The second-order valence-corrected chi connectivity index (χ2v) is 5.44. The van der Waals surface area contributed by atoms with Gasteiger partial charge in [-0.1, -0.05) is 0 Å². The Kier molecular flexibility index (Phi) is 4.84. The van der Waals surface area contributed by atoms with Crippen molar-refractivity contribution in [2.75, 3.05) is 26.2 Å². The summed E-state index contributed by atoms with van der Waals surface area (Å²) >= 11 is 0. The highest BCUT2D eigenvalue weighted by Crippen LogP contribution is 2.28. The molecule has 2 atom stereocenters. The molecular weight excluding hydrogens is 298 g/mol. The summed E-state index contributed by atoms with van der Waals surface area (Å²) in [4.78, 5) is 24.0. The maximum Gasteiger partial charge on any atom is 0.433 e. The third-order valence-electron chi connectivity index (χ3n) is 4.29. The number of rotatable bonds is 2. The zero-order chi connectivity index (χ0) is 14.1. The number of amides is 1. The minimum atomic E-state index is -0.630. The second-order valence-electron chi connectivity index (χ2n) is 5.44. The van der Waals surface area contributed by atoms with Gasteiger partial charge in [0, 0.05) is 13.1 Å².